The number of nitrogens with two attached hydrogens (primary N) is 1. The second-order valence-corrected chi connectivity index (χ2v) is 11.1. The third kappa shape index (κ3) is 3.81. The van der Waals surface area contributed by atoms with E-state index in [1.807, 2.05) is 0 Å². The third-order valence-corrected chi connectivity index (χ3v) is 8.85. The highest BCUT2D eigenvalue weighted by molar-refractivity contribution is 5.81. The van der Waals surface area contributed by atoms with E-state index in [0.717, 1.165) is 49.7 Å². The van der Waals surface area contributed by atoms with E-state index in [-0.39, 0.29) is 46.8 Å². The van der Waals surface area contributed by atoms with Gasteiger partial charge in [-0.2, -0.15) is 0 Å². The lowest BCUT2D eigenvalue weighted by Crippen LogP contribution is -2.59. The molecule has 4 bridgehead atoms. The summed E-state index contributed by atoms with van der Waals surface area (Å²) in [6, 6.07) is 3.30. The number of aromatic nitrogens is 3. The number of rotatable bonds is 4. The maximum Gasteiger partial charge on any atom is 0.410 e. The zero-order valence-electron chi connectivity index (χ0n) is 19.9. The minimum atomic E-state index is -0.379. The molecule has 2 aromatic heterocycles. The van der Waals surface area contributed by atoms with Gasteiger partial charge in [-0.15, -0.1) is 0 Å². The molecule has 1 saturated heterocycles. The molecule has 4 saturated carbocycles. The summed E-state index contributed by atoms with van der Waals surface area (Å²) >= 11 is 0. The molecular weight excluding hydrogens is 446 g/mol. The maximum absolute atomic E-state index is 13.1. The highest BCUT2D eigenvalue weighted by atomic mass is 16.6. The predicted octanol–water partition coefficient (Wildman–Crippen LogP) is 2.45. The van der Waals surface area contributed by atoms with Crippen LogP contribution in [0.25, 0.3) is 11.1 Å². The molecule has 4 aliphatic carbocycles. The van der Waals surface area contributed by atoms with Gasteiger partial charge in [0, 0.05) is 61.8 Å². The fourth-order valence-electron chi connectivity index (χ4n) is 7.26. The number of ether oxygens (including phenoxy) is 1. The van der Waals surface area contributed by atoms with Crippen molar-refractivity contribution < 1.29 is 14.3 Å². The van der Waals surface area contributed by atoms with Gasteiger partial charge in [-0.25, -0.2) is 14.8 Å². The minimum absolute atomic E-state index is 0.0633. The van der Waals surface area contributed by atoms with Crippen LogP contribution in [-0.4, -0.2) is 50.6 Å². The fraction of sp³-hybridized carbons (Fsp3) is 0.577. The van der Waals surface area contributed by atoms with Crippen molar-refractivity contribution in [1.29, 1.82) is 0 Å². The Hall–Kier alpha value is -3.23. The number of carbonyl (C=O) groups excluding carboxylic acids is 2. The van der Waals surface area contributed by atoms with Gasteiger partial charge in [-0.1, -0.05) is 0 Å². The third-order valence-electron chi connectivity index (χ3n) is 8.85. The molecule has 9 nitrogen and oxygen atoms in total. The minimum Gasteiger partial charge on any atom is -0.446 e. The van der Waals surface area contributed by atoms with Gasteiger partial charge in [0.05, 0.1) is 5.41 Å². The Morgan fingerprint density at radius 2 is 1.80 bits per heavy atom. The van der Waals surface area contributed by atoms with Crippen molar-refractivity contribution in [1.82, 2.24) is 19.4 Å². The summed E-state index contributed by atoms with van der Waals surface area (Å²) in [7, 11) is 1.71. The van der Waals surface area contributed by atoms with Gasteiger partial charge in [0.2, 0.25) is 11.5 Å². The van der Waals surface area contributed by atoms with Crippen molar-refractivity contribution >= 4 is 12.0 Å². The van der Waals surface area contributed by atoms with Gasteiger partial charge in [0.1, 0.15) is 11.9 Å². The van der Waals surface area contributed by atoms with E-state index in [0.29, 0.717) is 24.8 Å². The Morgan fingerprint density at radius 3 is 2.46 bits per heavy atom. The molecule has 1 aliphatic heterocycles. The second kappa shape index (κ2) is 8.17. The topological polar surface area (TPSA) is 120 Å². The van der Waals surface area contributed by atoms with Gasteiger partial charge in [0.25, 0.3) is 0 Å². The molecule has 5 unspecified atom stereocenters. The number of carbonyl (C=O) groups is 2. The van der Waals surface area contributed by atoms with Gasteiger partial charge in [-0.3, -0.25) is 9.59 Å². The van der Waals surface area contributed by atoms with Crippen LogP contribution in [0.2, 0.25) is 0 Å². The molecule has 6 atom stereocenters. The monoisotopic (exact) mass is 477 g/mol. The second-order valence-electron chi connectivity index (χ2n) is 11.1. The van der Waals surface area contributed by atoms with E-state index in [2.05, 4.69) is 9.97 Å². The van der Waals surface area contributed by atoms with Gasteiger partial charge in [-0.05, 0) is 62.3 Å². The van der Waals surface area contributed by atoms with Crippen molar-refractivity contribution in [2.75, 3.05) is 13.1 Å². The highest BCUT2D eigenvalue weighted by Gasteiger charge is 2.59. The Kier molecular flexibility index (Phi) is 5.19. The van der Waals surface area contributed by atoms with Gasteiger partial charge >= 0.3 is 6.09 Å². The smallest absolute Gasteiger partial charge is 0.410 e. The maximum atomic E-state index is 13.1. The van der Waals surface area contributed by atoms with Crippen LogP contribution in [0.5, 0.6) is 0 Å². The largest absolute Gasteiger partial charge is 0.446 e. The van der Waals surface area contributed by atoms with Crippen molar-refractivity contribution in [2.24, 2.45) is 36.0 Å². The van der Waals surface area contributed by atoms with Crippen LogP contribution in [-0.2, 0) is 16.6 Å². The molecule has 7 rings (SSSR count). The van der Waals surface area contributed by atoms with Crippen LogP contribution in [0, 0.1) is 23.2 Å². The predicted molar refractivity (Wildman–Crippen MR) is 127 cm³/mol. The quantitative estimate of drug-likeness (QED) is 0.722. The average Bonchev–Trinajstić information content (AvgIpc) is 3.33. The van der Waals surface area contributed by atoms with E-state index >= 15 is 0 Å². The SMILES string of the molecule is Cn1cc(-c2cnc(C3CCN(C(=O)OC4C5CC6C[C@H]4CC(C(N)=O)(C6)C5)C3)nc2)ccc1=O. The van der Waals surface area contributed by atoms with E-state index in [1.165, 1.54) is 10.6 Å². The Labute approximate surface area is 203 Å². The van der Waals surface area contributed by atoms with Gasteiger partial charge in [0.15, 0.2) is 0 Å². The molecule has 2 amide bonds. The van der Waals surface area contributed by atoms with Crippen LogP contribution in [0.4, 0.5) is 4.79 Å². The van der Waals surface area contributed by atoms with E-state index < -0.39 is 0 Å². The van der Waals surface area contributed by atoms with Crippen molar-refractivity contribution in [3.05, 3.63) is 46.9 Å². The first kappa shape index (κ1) is 22.2. The van der Waals surface area contributed by atoms with Crippen LogP contribution in [0.15, 0.2) is 35.5 Å². The molecule has 0 spiro atoms. The Morgan fingerprint density at radius 1 is 1.09 bits per heavy atom. The van der Waals surface area contributed by atoms with Gasteiger partial charge < -0.3 is 19.9 Å². The standard InChI is InChI=1S/C26H31N5O4/c1-30-13-16(2-3-21(30)32)20-11-28-23(29-12-20)17-4-5-31(14-17)25(34)35-22-18-6-15-7-19(22)10-26(8-15,9-18)24(27)33/h2-3,11-13,15,17-19,22H,4-10,14H2,1H3,(H2,27,33)/t15?,17?,18-,19?,22?,26?/m0/s1. The number of aryl methyl sites for hydroxylation is 1. The lowest BCUT2D eigenvalue weighted by Gasteiger charge is -2.58. The lowest BCUT2D eigenvalue weighted by molar-refractivity contribution is -0.161. The lowest BCUT2D eigenvalue weighted by atomic mass is 9.48. The van der Waals surface area contributed by atoms with E-state index in [4.69, 9.17) is 10.5 Å². The summed E-state index contributed by atoms with van der Waals surface area (Å²) in [4.78, 5) is 47.8. The number of primary amides is 1. The van der Waals surface area contributed by atoms with Crippen LogP contribution >= 0.6 is 0 Å². The number of likely N-dealkylation sites (tertiary alicyclic amines) is 1. The summed E-state index contributed by atoms with van der Waals surface area (Å²) in [5, 5.41) is 0. The van der Waals surface area contributed by atoms with Crippen molar-refractivity contribution in [2.45, 2.75) is 50.5 Å². The Balaban J connectivity index is 1.09. The number of nitrogens with zero attached hydrogens (tertiary/aromatic N) is 4. The molecule has 0 radical (unpaired) electrons. The number of pyridine rings is 1. The number of amides is 2. The highest BCUT2D eigenvalue weighted by Crippen LogP contribution is 2.60. The summed E-state index contributed by atoms with van der Waals surface area (Å²) in [5.41, 5.74) is 7.06. The molecule has 2 aromatic rings. The molecule has 0 aromatic carbocycles. The molecule has 3 heterocycles. The number of hydrogen-bond donors (Lipinski definition) is 1. The van der Waals surface area contributed by atoms with E-state index in [9.17, 15) is 14.4 Å². The first-order chi connectivity index (χ1) is 16.8. The Bertz CT molecular complexity index is 1210. The zero-order valence-corrected chi connectivity index (χ0v) is 19.9. The molecule has 2 N–H and O–H groups in total. The van der Waals surface area contributed by atoms with Crippen molar-refractivity contribution in [3.8, 4) is 11.1 Å². The van der Waals surface area contributed by atoms with Crippen LogP contribution in [0.1, 0.15) is 50.3 Å². The summed E-state index contributed by atoms with van der Waals surface area (Å²) in [5.74, 6) is 1.62. The van der Waals surface area contributed by atoms with E-state index in [1.54, 1.807) is 36.6 Å². The molecule has 5 fully saturated rings. The molecular formula is C26H31N5O4. The van der Waals surface area contributed by atoms with Crippen molar-refractivity contribution in [3.63, 3.8) is 0 Å². The molecule has 35 heavy (non-hydrogen) atoms. The summed E-state index contributed by atoms with van der Waals surface area (Å²) in [6.07, 6.45) is 10.2. The molecule has 9 heteroatoms. The first-order valence-corrected chi connectivity index (χ1v) is 12.6. The number of hydrogen-bond acceptors (Lipinski definition) is 6. The van der Waals surface area contributed by atoms with Crippen LogP contribution in [0.3, 0.4) is 0 Å². The molecule has 5 aliphatic rings. The summed E-state index contributed by atoms with van der Waals surface area (Å²) in [6.45, 7) is 1.15. The normalized spacial score (nSPS) is 33.2. The summed E-state index contributed by atoms with van der Waals surface area (Å²) < 4.78 is 7.61. The zero-order chi connectivity index (χ0) is 24.3. The first-order valence-electron chi connectivity index (χ1n) is 12.6. The molecule has 184 valence electrons. The van der Waals surface area contributed by atoms with Crippen LogP contribution < -0.4 is 11.3 Å². The average molecular weight is 478 g/mol. The fourth-order valence-corrected chi connectivity index (χ4v) is 7.26.